The minimum absolute atomic E-state index is 0.196. The van der Waals surface area contributed by atoms with Crippen molar-refractivity contribution in [3.8, 4) is 0 Å². The molecular formula is C14H29N3. The van der Waals surface area contributed by atoms with Gasteiger partial charge in [-0.2, -0.15) is 0 Å². The van der Waals surface area contributed by atoms with Crippen LogP contribution in [0.4, 0.5) is 0 Å². The van der Waals surface area contributed by atoms with E-state index < -0.39 is 0 Å². The van der Waals surface area contributed by atoms with Crippen LogP contribution in [-0.2, 0) is 0 Å². The molecule has 17 heavy (non-hydrogen) atoms. The number of piperidine rings is 1. The third kappa shape index (κ3) is 3.67. The Bertz CT molecular complexity index is 224. The minimum Gasteiger partial charge on any atom is -0.329 e. The van der Waals surface area contributed by atoms with Gasteiger partial charge in [0.1, 0.15) is 0 Å². The Morgan fingerprint density at radius 3 is 2.47 bits per heavy atom. The molecule has 1 unspecified atom stereocenters. The van der Waals surface area contributed by atoms with E-state index in [4.69, 9.17) is 5.73 Å². The summed E-state index contributed by atoms with van der Waals surface area (Å²) in [5.74, 6) is 0. The molecule has 0 aromatic rings. The molecule has 0 spiro atoms. The van der Waals surface area contributed by atoms with Crippen LogP contribution in [0, 0.1) is 0 Å². The van der Waals surface area contributed by atoms with Gasteiger partial charge in [0.05, 0.1) is 0 Å². The highest BCUT2D eigenvalue weighted by Gasteiger charge is 2.34. The van der Waals surface area contributed by atoms with E-state index in [0.29, 0.717) is 6.04 Å². The largest absolute Gasteiger partial charge is 0.329 e. The van der Waals surface area contributed by atoms with Gasteiger partial charge in [-0.25, -0.2) is 0 Å². The van der Waals surface area contributed by atoms with E-state index in [-0.39, 0.29) is 5.54 Å². The highest BCUT2D eigenvalue weighted by atomic mass is 15.2. The van der Waals surface area contributed by atoms with Crippen molar-refractivity contribution in [1.29, 1.82) is 0 Å². The van der Waals surface area contributed by atoms with Gasteiger partial charge in [-0.15, -0.1) is 0 Å². The molecular weight excluding hydrogens is 210 g/mol. The monoisotopic (exact) mass is 239 g/mol. The van der Waals surface area contributed by atoms with Crippen molar-refractivity contribution in [3.05, 3.63) is 0 Å². The second kappa shape index (κ2) is 6.17. The van der Waals surface area contributed by atoms with Crippen LogP contribution in [0.1, 0.15) is 51.4 Å². The summed E-state index contributed by atoms with van der Waals surface area (Å²) in [4.78, 5) is 2.43. The van der Waals surface area contributed by atoms with E-state index in [1.165, 1.54) is 57.9 Å². The maximum absolute atomic E-state index is 6.07. The van der Waals surface area contributed by atoms with Crippen molar-refractivity contribution < 1.29 is 0 Å². The summed E-state index contributed by atoms with van der Waals surface area (Å²) in [6.45, 7) is 3.14. The Labute approximate surface area is 106 Å². The molecule has 0 radical (unpaired) electrons. The standard InChI is InChI=1S/C14H29N3/c1-17-10-6-9-14(11-15,12-17)16-13-7-4-2-3-5-8-13/h13,16H,2-12,15H2,1H3. The average Bonchev–Trinajstić information content (AvgIpc) is 2.57. The fourth-order valence-corrected chi connectivity index (χ4v) is 3.56. The van der Waals surface area contributed by atoms with E-state index in [1.807, 2.05) is 0 Å². The molecule has 2 fully saturated rings. The maximum Gasteiger partial charge on any atom is 0.0435 e. The van der Waals surface area contributed by atoms with Crippen molar-refractivity contribution in [2.45, 2.75) is 62.9 Å². The minimum atomic E-state index is 0.196. The number of hydrogen-bond acceptors (Lipinski definition) is 3. The number of rotatable bonds is 3. The van der Waals surface area contributed by atoms with E-state index in [9.17, 15) is 0 Å². The fourth-order valence-electron chi connectivity index (χ4n) is 3.56. The van der Waals surface area contributed by atoms with Crippen LogP contribution in [-0.4, -0.2) is 43.2 Å². The number of nitrogens with two attached hydrogens (primary N) is 1. The Morgan fingerprint density at radius 2 is 1.88 bits per heavy atom. The molecule has 1 atom stereocenters. The SMILES string of the molecule is CN1CCCC(CN)(NC2CCCCCC2)C1. The Morgan fingerprint density at radius 1 is 1.18 bits per heavy atom. The zero-order chi connectivity index (χ0) is 12.1. The molecule has 2 aliphatic rings. The van der Waals surface area contributed by atoms with Crippen LogP contribution < -0.4 is 11.1 Å². The second-order valence-corrected chi connectivity index (χ2v) is 6.16. The number of likely N-dealkylation sites (tertiary alicyclic amines) is 1. The summed E-state index contributed by atoms with van der Waals surface area (Å²) < 4.78 is 0. The topological polar surface area (TPSA) is 41.3 Å². The smallest absolute Gasteiger partial charge is 0.0435 e. The average molecular weight is 239 g/mol. The highest BCUT2D eigenvalue weighted by molar-refractivity contribution is 4.97. The van der Waals surface area contributed by atoms with Crippen LogP contribution in [0.2, 0.25) is 0 Å². The molecule has 1 heterocycles. The molecule has 0 aromatic heterocycles. The van der Waals surface area contributed by atoms with Gasteiger partial charge < -0.3 is 16.0 Å². The third-order valence-corrected chi connectivity index (χ3v) is 4.52. The third-order valence-electron chi connectivity index (χ3n) is 4.52. The highest BCUT2D eigenvalue weighted by Crippen LogP contribution is 2.24. The van der Waals surface area contributed by atoms with Crippen LogP contribution >= 0.6 is 0 Å². The van der Waals surface area contributed by atoms with Crippen molar-refractivity contribution >= 4 is 0 Å². The molecule has 2 rings (SSSR count). The van der Waals surface area contributed by atoms with Crippen molar-refractivity contribution in [2.24, 2.45) is 5.73 Å². The molecule has 1 saturated heterocycles. The normalized spacial score (nSPS) is 33.5. The van der Waals surface area contributed by atoms with Gasteiger partial charge in [0.2, 0.25) is 0 Å². The van der Waals surface area contributed by atoms with Gasteiger partial charge in [0.15, 0.2) is 0 Å². The molecule has 0 bridgehead atoms. The van der Waals surface area contributed by atoms with Gasteiger partial charge in [-0.05, 0) is 39.3 Å². The molecule has 1 aliphatic carbocycles. The lowest BCUT2D eigenvalue weighted by Gasteiger charge is -2.44. The first-order valence-corrected chi connectivity index (χ1v) is 7.40. The van der Waals surface area contributed by atoms with E-state index in [0.717, 1.165) is 13.1 Å². The molecule has 0 amide bonds. The summed E-state index contributed by atoms with van der Waals surface area (Å²) in [5, 5.41) is 3.92. The molecule has 3 nitrogen and oxygen atoms in total. The lowest BCUT2D eigenvalue weighted by atomic mass is 9.87. The summed E-state index contributed by atoms with van der Waals surface area (Å²) in [7, 11) is 2.22. The first kappa shape index (κ1) is 13.3. The predicted molar refractivity (Wildman–Crippen MR) is 73.1 cm³/mol. The first-order chi connectivity index (χ1) is 8.24. The fraction of sp³-hybridized carbons (Fsp3) is 1.00. The Hall–Kier alpha value is -0.120. The molecule has 0 aromatic carbocycles. The maximum atomic E-state index is 6.07. The van der Waals surface area contributed by atoms with Crippen LogP contribution in [0.15, 0.2) is 0 Å². The van der Waals surface area contributed by atoms with Gasteiger partial charge in [0, 0.05) is 24.7 Å². The Balaban J connectivity index is 1.92. The summed E-state index contributed by atoms with van der Waals surface area (Å²) >= 11 is 0. The van der Waals surface area contributed by atoms with E-state index >= 15 is 0 Å². The first-order valence-electron chi connectivity index (χ1n) is 7.40. The molecule has 1 saturated carbocycles. The van der Waals surface area contributed by atoms with E-state index in [1.54, 1.807) is 0 Å². The second-order valence-electron chi connectivity index (χ2n) is 6.16. The van der Waals surface area contributed by atoms with Crippen molar-refractivity contribution in [3.63, 3.8) is 0 Å². The van der Waals surface area contributed by atoms with Crippen LogP contribution in [0.25, 0.3) is 0 Å². The Kier molecular flexibility index (Phi) is 4.83. The molecule has 3 N–H and O–H groups in total. The van der Waals surface area contributed by atoms with Crippen molar-refractivity contribution in [1.82, 2.24) is 10.2 Å². The molecule has 100 valence electrons. The van der Waals surface area contributed by atoms with Crippen molar-refractivity contribution in [2.75, 3.05) is 26.7 Å². The number of hydrogen-bond donors (Lipinski definition) is 2. The zero-order valence-corrected chi connectivity index (χ0v) is 11.4. The lowest BCUT2D eigenvalue weighted by molar-refractivity contribution is 0.133. The number of likely N-dealkylation sites (N-methyl/N-ethyl adjacent to an activating group) is 1. The van der Waals surface area contributed by atoms with Crippen LogP contribution in [0.3, 0.4) is 0 Å². The van der Waals surface area contributed by atoms with Gasteiger partial charge in [-0.3, -0.25) is 0 Å². The molecule has 3 heteroatoms. The molecule has 1 aliphatic heterocycles. The quantitative estimate of drug-likeness (QED) is 0.737. The van der Waals surface area contributed by atoms with E-state index in [2.05, 4.69) is 17.3 Å². The summed E-state index contributed by atoms with van der Waals surface area (Å²) in [5.41, 5.74) is 6.26. The van der Waals surface area contributed by atoms with Gasteiger partial charge in [-0.1, -0.05) is 25.7 Å². The summed E-state index contributed by atoms with van der Waals surface area (Å²) in [6, 6.07) is 0.715. The summed E-state index contributed by atoms with van der Waals surface area (Å²) in [6.07, 6.45) is 10.9. The predicted octanol–water partition coefficient (Wildman–Crippen LogP) is 1.72. The number of nitrogens with zero attached hydrogens (tertiary/aromatic N) is 1. The number of nitrogens with one attached hydrogen (secondary N) is 1. The van der Waals surface area contributed by atoms with Gasteiger partial charge in [0.25, 0.3) is 0 Å². The van der Waals surface area contributed by atoms with Crippen LogP contribution in [0.5, 0.6) is 0 Å². The lowest BCUT2D eigenvalue weighted by Crippen LogP contribution is -2.62. The van der Waals surface area contributed by atoms with Gasteiger partial charge >= 0.3 is 0 Å². The zero-order valence-electron chi connectivity index (χ0n) is 11.4.